The summed E-state index contributed by atoms with van der Waals surface area (Å²) in [5.74, 6) is -5.02. The summed E-state index contributed by atoms with van der Waals surface area (Å²) in [6.45, 7) is 0.705. The minimum Gasteiger partial charge on any atom is -0.308 e. The smallest absolute Gasteiger partial charge is 0.262 e. The minimum absolute atomic E-state index is 0.211. The molecule has 5 nitrogen and oxygen atoms in total. The molecule has 176 valence electrons. The second-order valence-electron chi connectivity index (χ2n) is 8.62. The molecule has 0 aliphatic carbocycles. The van der Waals surface area contributed by atoms with Gasteiger partial charge in [0.15, 0.2) is 17.5 Å². The van der Waals surface area contributed by atoms with Crippen LogP contribution in [0.15, 0.2) is 59.6 Å². The molecule has 1 heterocycles. The number of hydrogen-bond donors (Lipinski definition) is 0. The summed E-state index contributed by atoms with van der Waals surface area (Å²) in [6.07, 6.45) is 1.09. The fraction of sp³-hybridized carbons (Fsp3) is 0.148. The van der Waals surface area contributed by atoms with Gasteiger partial charge in [0.1, 0.15) is 0 Å². The number of benzene rings is 4. The quantitative estimate of drug-likeness (QED) is 0.170. The summed E-state index contributed by atoms with van der Waals surface area (Å²) in [7, 11) is 3.71. The zero-order valence-corrected chi connectivity index (χ0v) is 19.0. The van der Waals surface area contributed by atoms with Gasteiger partial charge in [0, 0.05) is 41.2 Å². The molecule has 2 amide bonds. The average molecular weight is 475 g/mol. The first-order chi connectivity index (χ1) is 16.8. The van der Waals surface area contributed by atoms with Crippen LogP contribution in [-0.2, 0) is 0 Å². The van der Waals surface area contributed by atoms with Crippen LogP contribution in [0.25, 0.3) is 21.5 Å². The highest BCUT2D eigenvalue weighted by molar-refractivity contribution is 6.31. The van der Waals surface area contributed by atoms with Crippen LogP contribution in [0.2, 0.25) is 0 Å². The first kappa shape index (κ1) is 22.7. The highest BCUT2D eigenvalue weighted by atomic mass is 19.2. The maximum Gasteiger partial charge on any atom is 0.262 e. The number of halogens is 3. The summed E-state index contributed by atoms with van der Waals surface area (Å²) in [6, 6.07) is 14.3. The number of rotatable bonds is 5. The van der Waals surface area contributed by atoms with E-state index >= 15 is 0 Å². The molecule has 0 spiro atoms. The molecule has 0 atom stereocenters. The van der Waals surface area contributed by atoms with E-state index in [0.717, 1.165) is 23.7 Å². The van der Waals surface area contributed by atoms with Crippen molar-refractivity contribution in [1.29, 1.82) is 0 Å². The number of imide groups is 1. The number of aliphatic imine (C=N–C) groups is 1. The van der Waals surface area contributed by atoms with Gasteiger partial charge in [-0.2, -0.15) is 0 Å². The number of fused-ring (bicyclic) bond motifs is 2. The van der Waals surface area contributed by atoms with Crippen LogP contribution in [0.3, 0.4) is 0 Å². The number of amides is 2. The Labute approximate surface area is 199 Å². The summed E-state index contributed by atoms with van der Waals surface area (Å²) in [5, 5.41) is 2.49. The third kappa shape index (κ3) is 3.76. The van der Waals surface area contributed by atoms with Crippen molar-refractivity contribution >= 4 is 45.3 Å². The number of hydrogen-bond acceptors (Lipinski definition) is 4. The fourth-order valence-corrected chi connectivity index (χ4v) is 4.37. The van der Waals surface area contributed by atoms with Crippen LogP contribution < -0.4 is 0 Å². The molecule has 8 heteroatoms. The molecule has 0 radical (unpaired) electrons. The van der Waals surface area contributed by atoms with Crippen LogP contribution in [0, 0.1) is 17.5 Å². The third-order valence-corrected chi connectivity index (χ3v) is 6.10. The van der Waals surface area contributed by atoms with Crippen LogP contribution in [0.5, 0.6) is 0 Å². The lowest BCUT2D eigenvalue weighted by Crippen LogP contribution is -2.43. The van der Waals surface area contributed by atoms with Gasteiger partial charge in [0.25, 0.3) is 11.8 Å². The lowest BCUT2D eigenvalue weighted by atomic mass is 9.89. The molecule has 1 aliphatic rings. The van der Waals surface area contributed by atoms with E-state index in [1.165, 1.54) is 4.90 Å². The molecular weight excluding hydrogens is 455 g/mol. The second kappa shape index (κ2) is 8.63. The lowest BCUT2D eigenvalue weighted by molar-refractivity contribution is 0.0602. The summed E-state index contributed by atoms with van der Waals surface area (Å²) in [5.41, 5.74) is 0.867. The number of nitrogens with zero attached hydrogens (tertiary/aromatic N) is 3. The van der Waals surface area contributed by atoms with E-state index in [9.17, 15) is 22.8 Å². The Balaban J connectivity index is 1.74. The van der Waals surface area contributed by atoms with Crippen LogP contribution in [0.1, 0.15) is 26.3 Å². The van der Waals surface area contributed by atoms with Gasteiger partial charge in [-0.3, -0.25) is 19.5 Å². The molecule has 0 fully saturated rings. The minimum atomic E-state index is -1.58. The summed E-state index contributed by atoms with van der Waals surface area (Å²) < 4.78 is 41.2. The zero-order valence-electron chi connectivity index (χ0n) is 19.0. The highest BCUT2D eigenvalue weighted by Gasteiger charge is 2.34. The van der Waals surface area contributed by atoms with E-state index < -0.39 is 23.4 Å². The van der Waals surface area contributed by atoms with Crippen molar-refractivity contribution in [3.05, 3.63) is 88.7 Å². The normalized spacial score (nSPS) is 13.7. The predicted molar refractivity (Wildman–Crippen MR) is 129 cm³/mol. The van der Waals surface area contributed by atoms with E-state index in [1.807, 2.05) is 37.2 Å². The Kier molecular flexibility index (Phi) is 5.61. The Morgan fingerprint density at radius 3 is 2.34 bits per heavy atom. The maximum atomic E-state index is 14.2. The average Bonchev–Trinajstić information content (AvgIpc) is 2.84. The van der Waals surface area contributed by atoms with Crippen molar-refractivity contribution in [3.8, 4) is 0 Å². The Bertz CT molecular complexity index is 1560. The highest BCUT2D eigenvalue weighted by Crippen LogP contribution is 2.39. The molecule has 35 heavy (non-hydrogen) atoms. The van der Waals surface area contributed by atoms with E-state index in [4.69, 9.17) is 0 Å². The molecule has 0 N–H and O–H groups in total. The summed E-state index contributed by atoms with van der Waals surface area (Å²) in [4.78, 5) is 34.3. The van der Waals surface area contributed by atoms with Crippen molar-refractivity contribution in [2.75, 3.05) is 27.2 Å². The fourth-order valence-electron chi connectivity index (χ4n) is 4.37. The van der Waals surface area contributed by atoms with Gasteiger partial charge in [-0.25, -0.2) is 13.2 Å². The Morgan fingerprint density at radius 2 is 1.60 bits per heavy atom. The first-order valence-corrected chi connectivity index (χ1v) is 10.9. The molecule has 5 rings (SSSR count). The van der Waals surface area contributed by atoms with Crippen molar-refractivity contribution in [3.63, 3.8) is 0 Å². The van der Waals surface area contributed by atoms with Crippen molar-refractivity contribution < 1.29 is 22.8 Å². The standard InChI is InChI=1S/C27H20F3N3O2/c1-32(2)11-12-33-26(34)18-7-3-5-15-13-16-6-4-8-20(22(16)23(21(15)18)27(33)35)31-14-17-9-10-19(28)25(30)24(17)29/h3-10,13-14H,11-12H2,1-2H3. The van der Waals surface area contributed by atoms with Crippen LogP contribution in [0.4, 0.5) is 18.9 Å². The molecular formula is C27H20F3N3O2. The lowest BCUT2D eigenvalue weighted by Gasteiger charge is -2.29. The Hall–Kier alpha value is -4.04. The molecule has 0 aromatic heterocycles. The second-order valence-corrected chi connectivity index (χ2v) is 8.62. The predicted octanol–water partition coefficient (Wildman–Crippen LogP) is 5.32. The molecule has 1 aliphatic heterocycles. The van der Waals surface area contributed by atoms with Gasteiger partial charge in [-0.15, -0.1) is 0 Å². The van der Waals surface area contributed by atoms with E-state index in [-0.39, 0.29) is 18.0 Å². The number of carbonyl (C=O) groups is 2. The zero-order chi connectivity index (χ0) is 24.9. The topological polar surface area (TPSA) is 53.0 Å². The van der Waals surface area contributed by atoms with Crippen LogP contribution >= 0.6 is 0 Å². The van der Waals surface area contributed by atoms with Crippen molar-refractivity contribution in [1.82, 2.24) is 9.80 Å². The van der Waals surface area contributed by atoms with E-state index in [1.54, 1.807) is 24.3 Å². The van der Waals surface area contributed by atoms with Gasteiger partial charge in [0.05, 0.1) is 11.3 Å². The van der Waals surface area contributed by atoms with Gasteiger partial charge >= 0.3 is 0 Å². The van der Waals surface area contributed by atoms with Crippen molar-refractivity contribution in [2.24, 2.45) is 4.99 Å². The van der Waals surface area contributed by atoms with Gasteiger partial charge in [0.2, 0.25) is 0 Å². The number of carbonyl (C=O) groups excluding carboxylic acids is 2. The largest absolute Gasteiger partial charge is 0.308 e. The van der Waals surface area contributed by atoms with Gasteiger partial charge in [-0.1, -0.05) is 24.3 Å². The summed E-state index contributed by atoms with van der Waals surface area (Å²) >= 11 is 0. The molecule has 4 aromatic rings. The number of likely N-dealkylation sites (N-methyl/N-ethyl adjacent to an activating group) is 1. The first-order valence-electron chi connectivity index (χ1n) is 10.9. The van der Waals surface area contributed by atoms with E-state index in [2.05, 4.69) is 4.99 Å². The van der Waals surface area contributed by atoms with Gasteiger partial charge in [-0.05, 0) is 55.2 Å². The van der Waals surface area contributed by atoms with E-state index in [0.29, 0.717) is 39.5 Å². The maximum absolute atomic E-state index is 14.2. The molecule has 0 bridgehead atoms. The Morgan fingerprint density at radius 1 is 0.886 bits per heavy atom. The van der Waals surface area contributed by atoms with Crippen LogP contribution in [-0.4, -0.2) is 55.0 Å². The molecule has 4 aromatic carbocycles. The molecule has 0 saturated heterocycles. The third-order valence-electron chi connectivity index (χ3n) is 6.10. The monoisotopic (exact) mass is 475 g/mol. The molecule has 0 saturated carbocycles. The molecule has 0 unspecified atom stereocenters. The SMILES string of the molecule is CN(C)CCN1C(=O)c2cccc3cc4cccc(N=Cc5ccc(F)c(F)c5F)c4c(c23)C1=O. The van der Waals surface area contributed by atoms with Gasteiger partial charge < -0.3 is 4.90 Å². The van der Waals surface area contributed by atoms with Crippen molar-refractivity contribution in [2.45, 2.75) is 0 Å².